The van der Waals surface area contributed by atoms with Crippen LogP contribution in [0.3, 0.4) is 0 Å². The van der Waals surface area contributed by atoms with Crippen molar-refractivity contribution in [3.8, 4) is 5.75 Å². The normalized spacial score (nSPS) is 16.9. The molecule has 0 bridgehead atoms. The van der Waals surface area contributed by atoms with Crippen LogP contribution in [-0.4, -0.2) is 51.1 Å². The number of ether oxygens (including phenoxy) is 1. The second-order valence-electron chi connectivity index (χ2n) is 7.82. The third-order valence-corrected chi connectivity index (χ3v) is 8.73. The van der Waals surface area contributed by atoms with Crippen LogP contribution in [-0.2, 0) is 21.2 Å². The lowest BCUT2D eigenvalue weighted by atomic mass is 10.0. The van der Waals surface area contributed by atoms with Crippen LogP contribution in [0.25, 0.3) is 0 Å². The topological polar surface area (TPSA) is 66.9 Å². The molecule has 2 heterocycles. The molecule has 8 heteroatoms. The van der Waals surface area contributed by atoms with Gasteiger partial charge in [-0.1, -0.05) is 0 Å². The molecule has 0 atom stereocenters. The van der Waals surface area contributed by atoms with Crippen molar-refractivity contribution in [1.82, 2.24) is 4.31 Å². The third kappa shape index (κ3) is 4.91. The molecule has 0 spiro atoms. The second kappa shape index (κ2) is 9.63. The molecule has 31 heavy (non-hydrogen) atoms. The van der Waals surface area contributed by atoms with E-state index >= 15 is 0 Å². The van der Waals surface area contributed by atoms with E-state index in [0.717, 1.165) is 47.6 Å². The summed E-state index contributed by atoms with van der Waals surface area (Å²) in [6.07, 6.45) is 3.91. The highest BCUT2D eigenvalue weighted by atomic mass is 32.2. The number of methoxy groups -OCH3 is 1. The molecule has 0 aromatic heterocycles. The smallest absolute Gasteiger partial charge is 0.243 e. The molecule has 1 saturated heterocycles. The van der Waals surface area contributed by atoms with Crippen molar-refractivity contribution < 1.29 is 17.9 Å². The number of carbonyl (C=O) groups is 1. The lowest BCUT2D eigenvalue weighted by Crippen LogP contribution is -2.36. The van der Waals surface area contributed by atoms with Gasteiger partial charge < -0.3 is 9.64 Å². The van der Waals surface area contributed by atoms with E-state index in [0.29, 0.717) is 36.7 Å². The summed E-state index contributed by atoms with van der Waals surface area (Å²) in [7, 11) is -1.80. The predicted molar refractivity (Wildman–Crippen MR) is 123 cm³/mol. The molecule has 0 saturated carbocycles. The number of hydrogen-bond donors (Lipinski definition) is 0. The zero-order valence-corrected chi connectivity index (χ0v) is 19.4. The van der Waals surface area contributed by atoms with E-state index in [9.17, 15) is 13.2 Å². The van der Waals surface area contributed by atoms with E-state index in [2.05, 4.69) is 0 Å². The molecule has 0 N–H and O–H groups in total. The minimum absolute atomic E-state index is 0.0807. The molecular weight excluding hydrogens is 432 g/mol. The first-order valence-electron chi connectivity index (χ1n) is 10.7. The first-order valence-corrected chi connectivity index (χ1v) is 13.1. The number of aryl methyl sites for hydroxylation is 1. The van der Waals surface area contributed by atoms with E-state index in [1.165, 1.54) is 0 Å². The summed E-state index contributed by atoms with van der Waals surface area (Å²) in [6.45, 7) is 1.86. The Balaban J connectivity index is 1.42. The van der Waals surface area contributed by atoms with E-state index in [-0.39, 0.29) is 5.91 Å². The van der Waals surface area contributed by atoms with Crippen LogP contribution in [0, 0.1) is 0 Å². The number of thioether (sulfide) groups is 1. The van der Waals surface area contributed by atoms with Gasteiger partial charge in [0.15, 0.2) is 0 Å². The Kier molecular flexibility index (Phi) is 6.89. The molecule has 4 rings (SSSR count). The maximum absolute atomic E-state index is 12.9. The molecule has 2 aliphatic rings. The van der Waals surface area contributed by atoms with E-state index in [1.54, 1.807) is 35.3 Å². The zero-order valence-electron chi connectivity index (χ0n) is 17.7. The average molecular weight is 461 g/mol. The lowest BCUT2D eigenvalue weighted by molar-refractivity contribution is -0.118. The molecule has 1 fully saturated rings. The largest absolute Gasteiger partial charge is 0.497 e. The van der Waals surface area contributed by atoms with Crippen molar-refractivity contribution in [3.05, 3.63) is 48.0 Å². The maximum atomic E-state index is 12.9. The minimum Gasteiger partial charge on any atom is -0.497 e. The van der Waals surface area contributed by atoms with Crippen molar-refractivity contribution in [2.24, 2.45) is 0 Å². The fraction of sp³-hybridized carbons (Fsp3) is 0.435. The van der Waals surface area contributed by atoms with Crippen LogP contribution in [0.15, 0.2) is 52.3 Å². The number of rotatable bonds is 7. The summed E-state index contributed by atoms with van der Waals surface area (Å²) in [4.78, 5) is 16.2. The molecule has 2 aliphatic heterocycles. The Labute approximate surface area is 188 Å². The van der Waals surface area contributed by atoms with Crippen molar-refractivity contribution in [2.45, 2.75) is 41.9 Å². The van der Waals surface area contributed by atoms with Gasteiger partial charge in [-0.15, -0.1) is 11.8 Å². The molecule has 2 aromatic rings. The van der Waals surface area contributed by atoms with Crippen LogP contribution < -0.4 is 9.64 Å². The molecule has 0 unspecified atom stereocenters. The fourth-order valence-corrected chi connectivity index (χ4v) is 6.54. The molecule has 2 aromatic carbocycles. The summed E-state index contributed by atoms with van der Waals surface area (Å²) in [6, 6.07) is 13.1. The number of sulfonamides is 1. The molecule has 1 amide bonds. The number of fused-ring (bicyclic) bond motifs is 1. The fourth-order valence-electron chi connectivity index (χ4n) is 4.13. The van der Waals surface area contributed by atoms with Crippen LogP contribution >= 0.6 is 11.8 Å². The van der Waals surface area contributed by atoms with Gasteiger partial charge in [-0.25, -0.2) is 8.42 Å². The summed E-state index contributed by atoms with van der Waals surface area (Å²) in [5.41, 5.74) is 1.80. The molecule has 166 valence electrons. The summed E-state index contributed by atoms with van der Waals surface area (Å²) in [5.74, 6) is 1.59. The quantitative estimate of drug-likeness (QED) is 0.586. The van der Waals surface area contributed by atoms with Gasteiger partial charge in [0.25, 0.3) is 0 Å². The summed E-state index contributed by atoms with van der Waals surface area (Å²) in [5, 5.41) is 0. The highest BCUT2D eigenvalue weighted by Crippen LogP contribution is 2.32. The van der Waals surface area contributed by atoms with Crippen molar-refractivity contribution in [3.63, 3.8) is 0 Å². The highest BCUT2D eigenvalue weighted by Gasteiger charge is 2.29. The van der Waals surface area contributed by atoms with Gasteiger partial charge in [-0.3, -0.25) is 4.79 Å². The van der Waals surface area contributed by atoms with Gasteiger partial charge in [0, 0.05) is 42.4 Å². The Morgan fingerprint density at radius 1 is 1.03 bits per heavy atom. The minimum atomic E-state index is -3.44. The van der Waals surface area contributed by atoms with Crippen LogP contribution in [0.5, 0.6) is 5.75 Å². The van der Waals surface area contributed by atoms with E-state index < -0.39 is 10.0 Å². The van der Waals surface area contributed by atoms with Crippen molar-refractivity contribution in [1.29, 1.82) is 0 Å². The third-order valence-electron chi connectivity index (χ3n) is 5.82. The number of carbonyl (C=O) groups excluding carboxylic acids is 1. The first-order chi connectivity index (χ1) is 15.0. The molecule has 6 nitrogen and oxygen atoms in total. The Morgan fingerprint density at radius 2 is 1.77 bits per heavy atom. The zero-order chi connectivity index (χ0) is 21.8. The summed E-state index contributed by atoms with van der Waals surface area (Å²) < 4.78 is 32.5. The number of anilines is 1. The van der Waals surface area contributed by atoms with Gasteiger partial charge in [0.1, 0.15) is 5.75 Å². The lowest BCUT2D eigenvalue weighted by Gasteiger charge is -2.30. The maximum Gasteiger partial charge on any atom is 0.243 e. The molecule has 0 radical (unpaired) electrons. The Morgan fingerprint density at radius 3 is 2.48 bits per heavy atom. The second-order valence-corrected chi connectivity index (χ2v) is 10.9. The monoisotopic (exact) mass is 460 g/mol. The van der Waals surface area contributed by atoms with Crippen molar-refractivity contribution >= 4 is 33.4 Å². The van der Waals surface area contributed by atoms with Crippen LogP contribution in [0.4, 0.5) is 5.69 Å². The van der Waals surface area contributed by atoms with Gasteiger partial charge in [0.05, 0.1) is 12.0 Å². The average Bonchev–Trinajstić information content (AvgIpc) is 3.34. The van der Waals surface area contributed by atoms with Crippen LogP contribution in [0.1, 0.15) is 31.2 Å². The van der Waals surface area contributed by atoms with Gasteiger partial charge in [-0.05, 0) is 73.7 Å². The molecular formula is C23H28N2O4S2. The number of hydrogen-bond acceptors (Lipinski definition) is 5. The predicted octanol–water partition coefficient (Wildman–Crippen LogP) is 3.94. The summed E-state index contributed by atoms with van der Waals surface area (Å²) >= 11 is 1.65. The SMILES string of the molecule is COc1ccc(SCCC(=O)N2CCCc3cc(S(=O)(=O)N4CCCC4)ccc32)cc1. The first kappa shape index (κ1) is 22.2. The van der Waals surface area contributed by atoms with E-state index in [4.69, 9.17) is 4.74 Å². The standard InChI is InChI=1S/C23H28N2O4S2/c1-29-19-6-8-20(9-7-19)30-16-12-23(26)25-15-4-5-18-17-21(10-11-22(18)25)31(27,28)24-13-2-3-14-24/h6-11,17H,2-5,12-16H2,1H3. The number of benzene rings is 2. The van der Waals surface area contributed by atoms with Crippen LogP contribution in [0.2, 0.25) is 0 Å². The van der Waals surface area contributed by atoms with Gasteiger partial charge in [-0.2, -0.15) is 4.31 Å². The Hall–Kier alpha value is -2.03. The van der Waals surface area contributed by atoms with Gasteiger partial charge in [0.2, 0.25) is 15.9 Å². The number of nitrogens with zero attached hydrogens (tertiary/aromatic N) is 2. The van der Waals surface area contributed by atoms with Gasteiger partial charge >= 0.3 is 0 Å². The Bertz CT molecular complexity index is 1030. The van der Waals surface area contributed by atoms with E-state index in [1.807, 2.05) is 35.2 Å². The number of amides is 1. The van der Waals surface area contributed by atoms with Crippen molar-refractivity contribution in [2.75, 3.05) is 37.4 Å². The molecule has 0 aliphatic carbocycles. The highest BCUT2D eigenvalue weighted by molar-refractivity contribution is 7.99.